The minimum absolute atomic E-state index is 0.127. The van der Waals surface area contributed by atoms with Gasteiger partial charge >= 0.3 is 0 Å². The second-order valence-corrected chi connectivity index (χ2v) is 3.16. The summed E-state index contributed by atoms with van der Waals surface area (Å²) in [7, 11) is 0. The molecule has 1 aliphatic heterocycles. The van der Waals surface area contributed by atoms with Crippen molar-refractivity contribution in [1.82, 2.24) is 20.6 Å². The first-order chi connectivity index (χ1) is 6.34. The lowest BCUT2D eigenvalue weighted by molar-refractivity contribution is -0.119. The van der Waals surface area contributed by atoms with Crippen molar-refractivity contribution in [1.29, 1.82) is 0 Å². The number of H-pyrrole nitrogens is 1. The lowest BCUT2D eigenvalue weighted by Crippen LogP contribution is -2.30. The fraction of sp³-hybridized carbons (Fsp3) is 0.500. The molecule has 0 spiro atoms. The Bertz CT molecular complexity index is 282. The number of rotatable bonds is 3. The number of aromatic amines is 1. The zero-order valence-electron chi connectivity index (χ0n) is 7.21. The van der Waals surface area contributed by atoms with Gasteiger partial charge in [0.25, 0.3) is 0 Å². The number of hydrogen-bond donors (Lipinski definition) is 3. The van der Waals surface area contributed by atoms with Crippen molar-refractivity contribution in [2.75, 3.05) is 6.54 Å². The van der Waals surface area contributed by atoms with Crippen LogP contribution in [0.1, 0.15) is 12.1 Å². The van der Waals surface area contributed by atoms with E-state index in [1.54, 1.807) is 12.5 Å². The quantitative estimate of drug-likeness (QED) is 0.581. The molecule has 1 unspecified atom stereocenters. The first-order valence-electron chi connectivity index (χ1n) is 4.32. The van der Waals surface area contributed by atoms with E-state index in [0.29, 0.717) is 6.42 Å². The van der Waals surface area contributed by atoms with Crippen LogP contribution in [-0.2, 0) is 11.3 Å². The van der Waals surface area contributed by atoms with E-state index < -0.39 is 0 Å². The number of carbonyl (C=O) groups is 1. The highest BCUT2D eigenvalue weighted by Gasteiger charge is 2.20. The first kappa shape index (κ1) is 8.25. The average Bonchev–Trinajstić information content (AvgIpc) is 2.71. The molecule has 1 saturated heterocycles. The van der Waals surface area contributed by atoms with Crippen LogP contribution in [-0.4, -0.2) is 28.5 Å². The van der Waals surface area contributed by atoms with E-state index in [1.807, 2.05) is 0 Å². The number of imidazole rings is 1. The van der Waals surface area contributed by atoms with Gasteiger partial charge in [0, 0.05) is 37.4 Å². The Kier molecular flexibility index (Phi) is 2.27. The minimum atomic E-state index is 0.127. The topological polar surface area (TPSA) is 69.8 Å². The zero-order valence-corrected chi connectivity index (χ0v) is 7.21. The van der Waals surface area contributed by atoms with Crippen LogP contribution < -0.4 is 10.6 Å². The van der Waals surface area contributed by atoms with E-state index in [2.05, 4.69) is 20.6 Å². The van der Waals surface area contributed by atoms with Crippen molar-refractivity contribution < 1.29 is 4.79 Å². The molecule has 2 rings (SSSR count). The number of aromatic nitrogens is 2. The van der Waals surface area contributed by atoms with Crippen molar-refractivity contribution in [3.05, 3.63) is 18.2 Å². The number of carbonyl (C=O) groups excluding carboxylic acids is 1. The monoisotopic (exact) mass is 180 g/mol. The molecule has 70 valence electrons. The van der Waals surface area contributed by atoms with Crippen LogP contribution >= 0.6 is 0 Å². The second-order valence-electron chi connectivity index (χ2n) is 3.16. The normalized spacial score (nSPS) is 21.8. The van der Waals surface area contributed by atoms with Gasteiger partial charge in [-0.15, -0.1) is 0 Å². The highest BCUT2D eigenvalue weighted by molar-refractivity contribution is 5.78. The standard InChI is InChI=1S/C8H12N4O/c13-8-1-6(3-11-8)10-4-7-2-9-5-12-7/h2,5-6,10H,1,3-4H2,(H,9,12)(H,11,13). The number of nitrogens with zero attached hydrogens (tertiary/aromatic N) is 1. The van der Waals surface area contributed by atoms with Crippen LogP contribution in [0.15, 0.2) is 12.5 Å². The van der Waals surface area contributed by atoms with Gasteiger partial charge < -0.3 is 15.6 Å². The molecule has 0 aliphatic carbocycles. The van der Waals surface area contributed by atoms with E-state index in [9.17, 15) is 4.79 Å². The molecule has 1 amide bonds. The molecule has 5 heteroatoms. The van der Waals surface area contributed by atoms with Gasteiger partial charge in [-0.25, -0.2) is 4.98 Å². The Morgan fingerprint density at radius 1 is 1.69 bits per heavy atom. The summed E-state index contributed by atoms with van der Waals surface area (Å²) in [6.07, 6.45) is 4.00. The predicted molar refractivity (Wildman–Crippen MR) is 46.8 cm³/mol. The lowest BCUT2D eigenvalue weighted by Gasteiger charge is -2.07. The van der Waals surface area contributed by atoms with Gasteiger partial charge in [-0.2, -0.15) is 0 Å². The van der Waals surface area contributed by atoms with Crippen LogP contribution in [0.3, 0.4) is 0 Å². The molecule has 0 aromatic carbocycles. The fourth-order valence-corrected chi connectivity index (χ4v) is 1.39. The van der Waals surface area contributed by atoms with Crippen molar-refractivity contribution >= 4 is 5.91 Å². The van der Waals surface area contributed by atoms with Gasteiger partial charge in [0.2, 0.25) is 5.91 Å². The van der Waals surface area contributed by atoms with Crippen LogP contribution in [0.4, 0.5) is 0 Å². The molecule has 0 bridgehead atoms. The molecule has 1 atom stereocenters. The Morgan fingerprint density at radius 3 is 3.23 bits per heavy atom. The van der Waals surface area contributed by atoms with Crippen molar-refractivity contribution in [2.24, 2.45) is 0 Å². The van der Waals surface area contributed by atoms with Gasteiger partial charge in [0.15, 0.2) is 0 Å². The summed E-state index contributed by atoms with van der Waals surface area (Å²) >= 11 is 0. The van der Waals surface area contributed by atoms with Gasteiger partial charge in [0.1, 0.15) is 0 Å². The third kappa shape index (κ3) is 2.06. The summed E-state index contributed by atoms with van der Waals surface area (Å²) in [5, 5.41) is 6.03. The van der Waals surface area contributed by atoms with Gasteiger partial charge in [0.05, 0.1) is 6.33 Å². The van der Waals surface area contributed by atoms with E-state index in [4.69, 9.17) is 0 Å². The van der Waals surface area contributed by atoms with Crippen LogP contribution in [0, 0.1) is 0 Å². The molecule has 0 radical (unpaired) electrons. The molecular formula is C8H12N4O. The van der Waals surface area contributed by atoms with Gasteiger partial charge in [-0.05, 0) is 0 Å². The van der Waals surface area contributed by atoms with Crippen molar-refractivity contribution in [3.8, 4) is 0 Å². The number of amides is 1. The highest BCUT2D eigenvalue weighted by atomic mass is 16.1. The summed E-state index contributed by atoms with van der Waals surface area (Å²) < 4.78 is 0. The van der Waals surface area contributed by atoms with Crippen LogP contribution in [0.2, 0.25) is 0 Å². The summed E-state index contributed by atoms with van der Waals surface area (Å²) in [6, 6.07) is 0.260. The zero-order chi connectivity index (χ0) is 9.10. The number of nitrogens with one attached hydrogen (secondary N) is 3. The lowest BCUT2D eigenvalue weighted by atomic mass is 10.2. The van der Waals surface area contributed by atoms with Crippen LogP contribution in [0.25, 0.3) is 0 Å². The molecule has 1 fully saturated rings. The molecular weight excluding hydrogens is 168 g/mol. The van der Waals surface area contributed by atoms with E-state index in [0.717, 1.165) is 18.8 Å². The van der Waals surface area contributed by atoms with E-state index in [-0.39, 0.29) is 11.9 Å². The molecule has 13 heavy (non-hydrogen) atoms. The SMILES string of the molecule is O=C1CC(NCc2cnc[nH]2)CN1. The smallest absolute Gasteiger partial charge is 0.221 e. The predicted octanol–water partition coefficient (Wildman–Crippen LogP) is -0.612. The average molecular weight is 180 g/mol. The third-order valence-electron chi connectivity index (χ3n) is 2.11. The summed E-state index contributed by atoms with van der Waals surface area (Å²) in [6.45, 7) is 1.46. The van der Waals surface area contributed by atoms with Gasteiger partial charge in [-0.1, -0.05) is 0 Å². The molecule has 1 aliphatic rings. The maximum absolute atomic E-state index is 10.8. The third-order valence-corrected chi connectivity index (χ3v) is 2.11. The Balaban J connectivity index is 1.77. The molecule has 3 N–H and O–H groups in total. The van der Waals surface area contributed by atoms with Crippen molar-refractivity contribution in [2.45, 2.75) is 19.0 Å². The number of hydrogen-bond acceptors (Lipinski definition) is 3. The summed E-state index contributed by atoms with van der Waals surface area (Å²) in [5.74, 6) is 0.127. The molecule has 1 aromatic heterocycles. The summed E-state index contributed by atoms with van der Waals surface area (Å²) in [5.41, 5.74) is 1.04. The van der Waals surface area contributed by atoms with E-state index >= 15 is 0 Å². The Labute approximate surface area is 75.9 Å². The molecule has 1 aromatic rings. The Morgan fingerprint density at radius 2 is 2.62 bits per heavy atom. The fourth-order valence-electron chi connectivity index (χ4n) is 1.39. The molecule has 5 nitrogen and oxygen atoms in total. The maximum atomic E-state index is 10.8. The van der Waals surface area contributed by atoms with Gasteiger partial charge in [-0.3, -0.25) is 4.79 Å². The maximum Gasteiger partial charge on any atom is 0.221 e. The first-order valence-corrected chi connectivity index (χ1v) is 4.32. The van der Waals surface area contributed by atoms with E-state index in [1.165, 1.54) is 0 Å². The summed E-state index contributed by atoms with van der Waals surface area (Å²) in [4.78, 5) is 17.7. The largest absolute Gasteiger partial charge is 0.354 e. The Hall–Kier alpha value is -1.36. The minimum Gasteiger partial charge on any atom is -0.354 e. The molecule has 0 saturated carbocycles. The second kappa shape index (κ2) is 3.57. The van der Waals surface area contributed by atoms with Crippen molar-refractivity contribution in [3.63, 3.8) is 0 Å². The highest BCUT2D eigenvalue weighted by Crippen LogP contribution is 2.00. The van der Waals surface area contributed by atoms with Crippen LogP contribution in [0.5, 0.6) is 0 Å². The molecule has 2 heterocycles.